The molecule has 23 heavy (non-hydrogen) atoms. The highest BCUT2D eigenvalue weighted by Crippen LogP contribution is 2.28. The molecule has 6 heteroatoms. The molecule has 1 aliphatic heterocycles. The van der Waals surface area contributed by atoms with E-state index in [1.807, 2.05) is 30.3 Å². The predicted octanol–water partition coefficient (Wildman–Crippen LogP) is 2.27. The van der Waals surface area contributed by atoms with Crippen LogP contribution in [0.5, 0.6) is 0 Å². The van der Waals surface area contributed by atoms with Crippen LogP contribution in [0, 0.1) is 0 Å². The van der Waals surface area contributed by atoms with Gasteiger partial charge in [0.25, 0.3) is 0 Å². The fourth-order valence-corrected chi connectivity index (χ4v) is 3.07. The van der Waals surface area contributed by atoms with E-state index in [1.54, 1.807) is 30.5 Å². The monoisotopic (exact) mass is 327 g/mol. The van der Waals surface area contributed by atoms with Crippen LogP contribution in [-0.4, -0.2) is 27.1 Å². The number of nitrogens with zero attached hydrogens (tertiary/aromatic N) is 2. The summed E-state index contributed by atoms with van der Waals surface area (Å²) in [5, 5.41) is 0. The maximum absolute atomic E-state index is 11.6. The lowest BCUT2D eigenvalue weighted by Crippen LogP contribution is -2.35. The number of rotatable bonds is 3. The third-order valence-corrected chi connectivity index (χ3v) is 4.74. The van der Waals surface area contributed by atoms with E-state index in [2.05, 4.69) is 9.89 Å². The number of anilines is 1. The maximum Gasteiger partial charge on any atom is 0.175 e. The van der Waals surface area contributed by atoms with Gasteiger partial charge in [-0.3, -0.25) is 0 Å². The summed E-state index contributed by atoms with van der Waals surface area (Å²) in [6, 6.07) is 16.7. The standard InChI is InChI=1S/C17H17N3O2S/c1-23(21,22)15-9-7-13(8-10-15)16-11-19-17(18)12-20(16)14-5-3-2-4-6-14/h2-11H,12H2,1H3,(H2,18,19). The molecule has 3 rings (SSSR count). The molecule has 0 unspecified atom stereocenters. The van der Waals surface area contributed by atoms with Gasteiger partial charge in [-0.25, -0.2) is 13.4 Å². The van der Waals surface area contributed by atoms with Crippen molar-refractivity contribution in [1.82, 2.24) is 0 Å². The fourth-order valence-electron chi connectivity index (χ4n) is 2.44. The number of sulfone groups is 1. The van der Waals surface area contributed by atoms with E-state index in [1.165, 1.54) is 6.26 Å². The molecule has 0 saturated heterocycles. The molecule has 5 nitrogen and oxygen atoms in total. The molecule has 0 fully saturated rings. The van der Waals surface area contributed by atoms with E-state index in [0.717, 1.165) is 16.9 Å². The highest BCUT2D eigenvalue weighted by Gasteiger charge is 2.19. The van der Waals surface area contributed by atoms with Gasteiger partial charge in [0.1, 0.15) is 5.84 Å². The first kappa shape index (κ1) is 15.3. The summed E-state index contributed by atoms with van der Waals surface area (Å²) in [5.41, 5.74) is 8.64. The van der Waals surface area contributed by atoms with E-state index >= 15 is 0 Å². The van der Waals surface area contributed by atoms with Crippen LogP contribution in [0.4, 0.5) is 5.69 Å². The van der Waals surface area contributed by atoms with Gasteiger partial charge in [0.2, 0.25) is 0 Å². The maximum atomic E-state index is 11.6. The normalized spacial score (nSPS) is 15.1. The molecule has 2 aromatic rings. The molecule has 0 aromatic heterocycles. The van der Waals surface area contributed by atoms with E-state index in [-0.39, 0.29) is 0 Å². The summed E-state index contributed by atoms with van der Waals surface area (Å²) in [6.45, 7) is 0.490. The Bertz CT molecular complexity index is 870. The second kappa shape index (κ2) is 5.89. The molecular weight excluding hydrogens is 310 g/mol. The summed E-state index contributed by atoms with van der Waals surface area (Å²) in [6.07, 6.45) is 2.91. The van der Waals surface area contributed by atoms with Crippen LogP contribution in [0.1, 0.15) is 5.56 Å². The highest BCUT2D eigenvalue weighted by molar-refractivity contribution is 7.90. The predicted molar refractivity (Wildman–Crippen MR) is 92.9 cm³/mol. The van der Waals surface area contributed by atoms with Crippen molar-refractivity contribution in [2.24, 2.45) is 10.7 Å². The van der Waals surface area contributed by atoms with Crippen LogP contribution in [0.3, 0.4) is 0 Å². The molecule has 2 aromatic carbocycles. The summed E-state index contributed by atoms with van der Waals surface area (Å²) in [5.74, 6) is 0.533. The largest absolute Gasteiger partial charge is 0.386 e. The lowest BCUT2D eigenvalue weighted by Gasteiger charge is -2.29. The van der Waals surface area contributed by atoms with Crippen LogP contribution in [-0.2, 0) is 9.84 Å². The molecule has 1 heterocycles. The summed E-state index contributed by atoms with van der Waals surface area (Å²) in [4.78, 5) is 6.56. The topological polar surface area (TPSA) is 75.8 Å². The van der Waals surface area contributed by atoms with Crippen molar-refractivity contribution < 1.29 is 8.42 Å². The van der Waals surface area contributed by atoms with Crippen molar-refractivity contribution in [3.05, 3.63) is 66.4 Å². The van der Waals surface area contributed by atoms with Gasteiger partial charge in [0, 0.05) is 11.9 Å². The van der Waals surface area contributed by atoms with Gasteiger partial charge < -0.3 is 10.6 Å². The van der Waals surface area contributed by atoms with Gasteiger partial charge in [-0.15, -0.1) is 0 Å². The summed E-state index contributed by atoms with van der Waals surface area (Å²) >= 11 is 0. The SMILES string of the molecule is CS(=O)(=O)c1ccc(C2=CN=C(N)CN2c2ccccc2)cc1. The van der Waals surface area contributed by atoms with E-state index in [0.29, 0.717) is 17.3 Å². The number of benzene rings is 2. The summed E-state index contributed by atoms with van der Waals surface area (Å²) in [7, 11) is -3.21. The second-order valence-corrected chi connectivity index (χ2v) is 7.37. The highest BCUT2D eigenvalue weighted by atomic mass is 32.2. The van der Waals surface area contributed by atoms with Gasteiger partial charge >= 0.3 is 0 Å². The van der Waals surface area contributed by atoms with Gasteiger partial charge in [0.15, 0.2) is 9.84 Å². The minimum atomic E-state index is -3.21. The lowest BCUT2D eigenvalue weighted by molar-refractivity contribution is 0.602. The van der Waals surface area contributed by atoms with Crippen molar-refractivity contribution in [3.63, 3.8) is 0 Å². The van der Waals surface area contributed by atoms with Crippen LogP contribution >= 0.6 is 0 Å². The van der Waals surface area contributed by atoms with Crippen molar-refractivity contribution >= 4 is 27.1 Å². The Morgan fingerprint density at radius 1 is 1.04 bits per heavy atom. The molecule has 0 atom stereocenters. The number of aliphatic imine (C=N–C) groups is 1. The van der Waals surface area contributed by atoms with Crippen LogP contribution < -0.4 is 10.6 Å². The first-order chi connectivity index (χ1) is 10.9. The van der Waals surface area contributed by atoms with Crippen molar-refractivity contribution in [1.29, 1.82) is 0 Å². The Balaban J connectivity index is 2.01. The smallest absolute Gasteiger partial charge is 0.175 e. The van der Waals surface area contributed by atoms with Gasteiger partial charge in [-0.1, -0.05) is 30.3 Å². The number of hydrogen-bond acceptors (Lipinski definition) is 5. The van der Waals surface area contributed by atoms with Crippen molar-refractivity contribution in [2.45, 2.75) is 4.90 Å². The van der Waals surface area contributed by atoms with Gasteiger partial charge in [0.05, 0.1) is 23.3 Å². The zero-order valence-electron chi connectivity index (χ0n) is 12.7. The minimum absolute atomic E-state index is 0.298. The first-order valence-corrected chi connectivity index (χ1v) is 9.00. The zero-order valence-corrected chi connectivity index (χ0v) is 13.5. The molecule has 0 spiro atoms. The number of para-hydroxylation sites is 1. The van der Waals surface area contributed by atoms with Crippen LogP contribution in [0.15, 0.2) is 70.7 Å². The molecule has 118 valence electrons. The van der Waals surface area contributed by atoms with Gasteiger partial charge in [-0.05, 0) is 29.8 Å². The quantitative estimate of drug-likeness (QED) is 0.938. The molecule has 0 radical (unpaired) electrons. The summed E-state index contributed by atoms with van der Waals surface area (Å²) < 4.78 is 23.2. The van der Waals surface area contributed by atoms with E-state index in [9.17, 15) is 8.42 Å². The molecule has 0 saturated carbocycles. The third kappa shape index (κ3) is 3.27. The third-order valence-electron chi connectivity index (χ3n) is 3.61. The number of amidine groups is 1. The minimum Gasteiger partial charge on any atom is -0.386 e. The molecule has 0 aliphatic carbocycles. The molecule has 2 N–H and O–H groups in total. The Labute approximate surface area is 135 Å². The second-order valence-electron chi connectivity index (χ2n) is 5.35. The lowest BCUT2D eigenvalue weighted by atomic mass is 10.1. The zero-order chi connectivity index (χ0) is 16.4. The van der Waals surface area contributed by atoms with E-state index in [4.69, 9.17) is 5.73 Å². The molecule has 0 bridgehead atoms. The Morgan fingerprint density at radius 2 is 1.70 bits per heavy atom. The first-order valence-electron chi connectivity index (χ1n) is 7.10. The fraction of sp³-hybridized carbons (Fsp3) is 0.118. The number of nitrogens with two attached hydrogens (primary N) is 1. The van der Waals surface area contributed by atoms with Crippen LogP contribution in [0.25, 0.3) is 5.70 Å². The average molecular weight is 327 g/mol. The molecule has 1 aliphatic rings. The molecule has 0 amide bonds. The van der Waals surface area contributed by atoms with Crippen molar-refractivity contribution in [3.8, 4) is 0 Å². The Morgan fingerprint density at radius 3 is 2.30 bits per heavy atom. The Kier molecular flexibility index (Phi) is 3.92. The van der Waals surface area contributed by atoms with E-state index < -0.39 is 9.84 Å². The van der Waals surface area contributed by atoms with Crippen LogP contribution in [0.2, 0.25) is 0 Å². The molecular formula is C17H17N3O2S. The average Bonchev–Trinajstić information content (AvgIpc) is 2.55. The van der Waals surface area contributed by atoms with Gasteiger partial charge in [-0.2, -0.15) is 0 Å². The van der Waals surface area contributed by atoms with Crippen molar-refractivity contribution in [2.75, 3.05) is 17.7 Å². The number of hydrogen-bond donors (Lipinski definition) is 1. The Hall–Kier alpha value is -2.60.